The van der Waals surface area contributed by atoms with Gasteiger partial charge in [-0.2, -0.15) is 0 Å². The molecule has 86 valence electrons. The Hall–Kier alpha value is -1.36. The van der Waals surface area contributed by atoms with Gasteiger partial charge < -0.3 is 14.6 Å². The molecule has 0 aromatic rings. The summed E-state index contributed by atoms with van der Waals surface area (Å²) in [5.41, 5.74) is 0. The van der Waals surface area contributed by atoms with Crippen molar-refractivity contribution in [2.24, 2.45) is 0 Å². The molecule has 0 aromatic carbocycles. The van der Waals surface area contributed by atoms with Crippen LogP contribution in [0.1, 0.15) is 20.3 Å². The fourth-order valence-corrected chi connectivity index (χ4v) is 0.671. The van der Waals surface area contributed by atoms with Crippen LogP contribution >= 0.6 is 0 Å². The molecule has 0 amide bonds. The molecule has 0 aliphatic rings. The Kier molecular flexibility index (Phi) is 7.27. The third-order valence-electron chi connectivity index (χ3n) is 1.53. The van der Waals surface area contributed by atoms with Crippen LogP contribution in [0.3, 0.4) is 0 Å². The van der Waals surface area contributed by atoms with E-state index in [0.717, 1.165) is 12.2 Å². The molecule has 0 fully saturated rings. The predicted octanol–water partition coefficient (Wildman–Crippen LogP) is 0.420. The fourth-order valence-electron chi connectivity index (χ4n) is 0.671. The van der Waals surface area contributed by atoms with E-state index in [-0.39, 0.29) is 13.2 Å². The molecule has 1 N–H and O–H groups in total. The first kappa shape index (κ1) is 13.6. The maximum Gasteiger partial charge on any atom is 0.331 e. The zero-order valence-corrected chi connectivity index (χ0v) is 8.93. The number of aliphatic hydroxyl groups excluding tert-OH is 1. The highest BCUT2D eigenvalue weighted by Crippen LogP contribution is 1.92. The van der Waals surface area contributed by atoms with E-state index >= 15 is 0 Å². The van der Waals surface area contributed by atoms with Crippen LogP contribution in [0.15, 0.2) is 12.2 Å². The zero-order chi connectivity index (χ0) is 11.7. The lowest BCUT2D eigenvalue weighted by Crippen LogP contribution is -2.16. The summed E-state index contributed by atoms with van der Waals surface area (Å²) in [5, 5.41) is 9.08. The second-order valence-corrected chi connectivity index (χ2v) is 2.78. The summed E-state index contributed by atoms with van der Waals surface area (Å²) >= 11 is 0. The molecule has 5 nitrogen and oxygen atoms in total. The van der Waals surface area contributed by atoms with Crippen LogP contribution in [-0.4, -0.2) is 36.4 Å². The Morgan fingerprint density at radius 2 is 1.73 bits per heavy atom. The van der Waals surface area contributed by atoms with Crippen LogP contribution in [0.2, 0.25) is 0 Å². The lowest BCUT2D eigenvalue weighted by atomic mass is 10.3. The van der Waals surface area contributed by atoms with Crippen LogP contribution in [0.5, 0.6) is 0 Å². The minimum atomic E-state index is -0.671. The fraction of sp³-hybridized carbons (Fsp3) is 0.600. The maximum absolute atomic E-state index is 10.9. The Labute approximate surface area is 88.7 Å². The highest BCUT2D eigenvalue weighted by Gasteiger charge is 2.04. The summed E-state index contributed by atoms with van der Waals surface area (Å²) in [7, 11) is 0. The number of hydrogen-bond acceptors (Lipinski definition) is 5. The van der Waals surface area contributed by atoms with Crippen LogP contribution in [0.25, 0.3) is 0 Å². The second-order valence-electron chi connectivity index (χ2n) is 2.78. The Morgan fingerprint density at radius 1 is 1.20 bits per heavy atom. The van der Waals surface area contributed by atoms with Crippen molar-refractivity contribution in [2.75, 3.05) is 13.2 Å². The quantitative estimate of drug-likeness (QED) is 0.514. The third-order valence-corrected chi connectivity index (χ3v) is 1.53. The van der Waals surface area contributed by atoms with Crippen molar-refractivity contribution in [3.63, 3.8) is 0 Å². The van der Waals surface area contributed by atoms with E-state index in [9.17, 15) is 9.59 Å². The van der Waals surface area contributed by atoms with E-state index in [1.807, 2.05) is 0 Å². The molecule has 0 heterocycles. The summed E-state index contributed by atoms with van der Waals surface area (Å²) in [5.74, 6) is -1.26. The molecule has 0 aliphatic heterocycles. The van der Waals surface area contributed by atoms with Gasteiger partial charge >= 0.3 is 11.9 Å². The minimum absolute atomic E-state index is 0.0670. The van der Waals surface area contributed by atoms with Gasteiger partial charge in [0, 0.05) is 12.2 Å². The molecule has 0 rings (SSSR count). The van der Waals surface area contributed by atoms with Gasteiger partial charge in [0.15, 0.2) is 0 Å². The van der Waals surface area contributed by atoms with Gasteiger partial charge in [0.1, 0.15) is 6.61 Å². The monoisotopic (exact) mass is 216 g/mol. The summed E-state index contributed by atoms with van der Waals surface area (Å²) in [6.45, 7) is 3.63. The van der Waals surface area contributed by atoms with E-state index in [1.165, 1.54) is 0 Å². The van der Waals surface area contributed by atoms with Crippen molar-refractivity contribution in [3.05, 3.63) is 12.2 Å². The average Bonchev–Trinajstić information content (AvgIpc) is 2.23. The number of aliphatic hydroxyl groups is 1. The highest BCUT2D eigenvalue weighted by atomic mass is 16.5. The van der Waals surface area contributed by atoms with Gasteiger partial charge in [0.05, 0.1) is 12.7 Å². The molecule has 0 bridgehead atoms. The molecule has 0 radical (unpaired) electrons. The number of ether oxygens (including phenoxy) is 2. The topological polar surface area (TPSA) is 72.8 Å². The van der Waals surface area contributed by atoms with Crippen molar-refractivity contribution in [1.82, 2.24) is 0 Å². The molecule has 0 aliphatic carbocycles. The largest absolute Gasteiger partial charge is 0.463 e. The van der Waals surface area contributed by atoms with Crippen molar-refractivity contribution in [1.29, 1.82) is 0 Å². The molecule has 0 saturated heterocycles. The van der Waals surface area contributed by atoms with Gasteiger partial charge in [-0.25, -0.2) is 9.59 Å². The van der Waals surface area contributed by atoms with Gasteiger partial charge in [-0.1, -0.05) is 6.92 Å². The Balaban J connectivity index is 3.78. The second kappa shape index (κ2) is 7.99. The van der Waals surface area contributed by atoms with Crippen molar-refractivity contribution < 1.29 is 24.2 Å². The summed E-state index contributed by atoms with van der Waals surface area (Å²) in [6.07, 6.45) is 1.81. The van der Waals surface area contributed by atoms with E-state index < -0.39 is 18.0 Å². The standard InChI is InChI=1S/C10H16O5/c1-3-8(11)7-15-10(13)6-5-9(12)14-4-2/h5-6,8,11H,3-4,7H2,1-2H3/b6-5-. The first-order chi connectivity index (χ1) is 7.10. The molecule has 5 heteroatoms. The van der Waals surface area contributed by atoms with Gasteiger partial charge in [0.25, 0.3) is 0 Å². The number of carbonyl (C=O) groups excluding carboxylic acids is 2. The van der Waals surface area contributed by atoms with Crippen molar-refractivity contribution in [3.8, 4) is 0 Å². The minimum Gasteiger partial charge on any atom is -0.463 e. The van der Waals surface area contributed by atoms with Gasteiger partial charge in [-0.05, 0) is 13.3 Å². The van der Waals surface area contributed by atoms with E-state index in [0.29, 0.717) is 6.42 Å². The van der Waals surface area contributed by atoms with E-state index in [4.69, 9.17) is 5.11 Å². The molecule has 1 unspecified atom stereocenters. The summed E-state index contributed by atoms with van der Waals surface area (Å²) in [6, 6.07) is 0. The van der Waals surface area contributed by atoms with Crippen LogP contribution < -0.4 is 0 Å². The first-order valence-electron chi connectivity index (χ1n) is 4.79. The lowest BCUT2D eigenvalue weighted by Gasteiger charge is -2.06. The average molecular weight is 216 g/mol. The van der Waals surface area contributed by atoms with Crippen molar-refractivity contribution >= 4 is 11.9 Å². The number of rotatable bonds is 6. The number of carbonyl (C=O) groups is 2. The van der Waals surface area contributed by atoms with Gasteiger partial charge in [-0.3, -0.25) is 0 Å². The molecule has 0 aromatic heterocycles. The SMILES string of the molecule is CCOC(=O)/C=C\C(=O)OCC(O)CC. The molecular formula is C10H16O5. The zero-order valence-electron chi connectivity index (χ0n) is 8.93. The lowest BCUT2D eigenvalue weighted by molar-refractivity contribution is -0.142. The predicted molar refractivity (Wildman–Crippen MR) is 53.0 cm³/mol. The van der Waals surface area contributed by atoms with Crippen LogP contribution in [-0.2, 0) is 19.1 Å². The molecular weight excluding hydrogens is 200 g/mol. The molecule has 0 saturated carbocycles. The van der Waals surface area contributed by atoms with E-state index in [1.54, 1.807) is 13.8 Å². The smallest absolute Gasteiger partial charge is 0.331 e. The normalized spacial score (nSPS) is 12.5. The highest BCUT2D eigenvalue weighted by molar-refractivity contribution is 5.91. The number of hydrogen-bond donors (Lipinski definition) is 1. The molecule has 15 heavy (non-hydrogen) atoms. The molecule has 0 spiro atoms. The first-order valence-corrected chi connectivity index (χ1v) is 4.79. The number of esters is 2. The third kappa shape index (κ3) is 7.69. The van der Waals surface area contributed by atoms with E-state index in [2.05, 4.69) is 9.47 Å². The summed E-state index contributed by atoms with van der Waals surface area (Å²) in [4.78, 5) is 21.7. The van der Waals surface area contributed by atoms with Crippen LogP contribution in [0, 0.1) is 0 Å². The molecule has 1 atom stereocenters. The van der Waals surface area contributed by atoms with Crippen molar-refractivity contribution in [2.45, 2.75) is 26.4 Å². The summed E-state index contributed by atoms with van der Waals surface area (Å²) < 4.78 is 9.20. The van der Waals surface area contributed by atoms with Gasteiger partial charge in [0.2, 0.25) is 0 Å². The Bertz CT molecular complexity index is 234. The Morgan fingerprint density at radius 3 is 2.20 bits per heavy atom. The van der Waals surface area contributed by atoms with Crippen LogP contribution in [0.4, 0.5) is 0 Å². The maximum atomic E-state index is 10.9. The van der Waals surface area contributed by atoms with Gasteiger partial charge in [-0.15, -0.1) is 0 Å².